The second kappa shape index (κ2) is 16.6. The molecule has 4 heterocycles. The number of hydrogen-bond acceptors (Lipinski definition) is 11. The van der Waals surface area contributed by atoms with Crippen LogP contribution in [0.25, 0.3) is 21.8 Å². The van der Waals surface area contributed by atoms with E-state index in [1.165, 1.54) is 12.2 Å². The molecule has 2 aromatic heterocycles. The molecule has 0 saturated carbocycles. The summed E-state index contributed by atoms with van der Waals surface area (Å²) in [5.74, 6) is -3.34. The largest absolute Gasteiger partial charge is 0.378 e. The molecule has 1 aromatic carbocycles. The summed E-state index contributed by atoms with van der Waals surface area (Å²) >= 11 is 0. The SMILES string of the molecule is O=C(CCCCNC(=O)C(CS(=O)(=O)O)NC(=O)C1CCCN1c1cc2cccnc2c2ncccc12)NCCOCCN1C(=O)C=CC1=O. The summed E-state index contributed by atoms with van der Waals surface area (Å²) in [5.41, 5.74) is 2.18. The quantitative estimate of drug-likeness (QED) is 0.0651. The number of nitrogens with one attached hydrogen (secondary N) is 3. The van der Waals surface area contributed by atoms with E-state index in [2.05, 4.69) is 25.9 Å². The molecule has 3 aromatic rings. The highest BCUT2D eigenvalue weighted by Crippen LogP contribution is 2.35. The first-order chi connectivity index (χ1) is 24.0. The van der Waals surface area contributed by atoms with Crippen molar-refractivity contribution < 1.29 is 41.7 Å². The number of pyridine rings is 2. The van der Waals surface area contributed by atoms with Crippen LogP contribution in [0.4, 0.5) is 5.69 Å². The number of imide groups is 1. The van der Waals surface area contributed by atoms with Crippen LogP contribution in [0.5, 0.6) is 0 Å². The minimum atomic E-state index is -4.63. The number of aromatic nitrogens is 2. The lowest BCUT2D eigenvalue weighted by atomic mass is 10.1. The fourth-order valence-electron chi connectivity index (χ4n) is 5.99. The molecular formula is C33H39N7O9S. The van der Waals surface area contributed by atoms with Crippen molar-refractivity contribution in [1.29, 1.82) is 0 Å². The first-order valence-corrected chi connectivity index (χ1v) is 17.9. The second-order valence-electron chi connectivity index (χ2n) is 11.9. The number of rotatable bonds is 17. The summed E-state index contributed by atoms with van der Waals surface area (Å²) in [7, 11) is -4.63. The molecule has 1 saturated heterocycles. The average Bonchev–Trinajstić information content (AvgIpc) is 3.71. The normalized spacial score (nSPS) is 16.7. The van der Waals surface area contributed by atoms with Gasteiger partial charge in [-0.3, -0.25) is 43.4 Å². The zero-order chi connectivity index (χ0) is 35.7. The third-order valence-electron chi connectivity index (χ3n) is 8.37. The Morgan fingerprint density at radius 2 is 1.72 bits per heavy atom. The van der Waals surface area contributed by atoms with Gasteiger partial charge in [0.15, 0.2) is 0 Å². The van der Waals surface area contributed by atoms with Crippen molar-refractivity contribution in [2.75, 3.05) is 50.0 Å². The molecule has 5 amide bonds. The zero-order valence-corrected chi connectivity index (χ0v) is 28.1. The molecule has 2 atom stereocenters. The molecule has 0 radical (unpaired) electrons. The summed E-state index contributed by atoms with van der Waals surface area (Å²) in [5, 5.41) is 9.47. The van der Waals surface area contributed by atoms with E-state index in [4.69, 9.17) is 4.74 Å². The Morgan fingerprint density at radius 1 is 0.980 bits per heavy atom. The maximum atomic E-state index is 13.6. The number of benzene rings is 1. The average molecular weight is 710 g/mol. The molecule has 50 heavy (non-hydrogen) atoms. The first-order valence-electron chi connectivity index (χ1n) is 16.3. The van der Waals surface area contributed by atoms with Crippen LogP contribution in [0.15, 0.2) is 54.9 Å². The Morgan fingerprint density at radius 3 is 2.48 bits per heavy atom. The fourth-order valence-corrected chi connectivity index (χ4v) is 6.65. The molecule has 2 unspecified atom stereocenters. The number of carbonyl (C=O) groups excluding carboxylic acids is 5. The highest BCUT2D eigenvalue weighted by molar-refractivity contribution is 7.85. The van der Waals surface area contributed by atoms with E-state index in [1.807, 2.05) is 29.2 Å². The smallest absolute Gasteiger partial charge is 0.267 e. The van der Waals surface area contributed by atoms with Crippen LogP contribution in [0.2, 0.25) is 0 Å². The minimum Gasteiger partial charge on any atom is -0.378 e. The third kappa shape index (κ3) is 9.36. The van der Waals surface area contributed by atoms with Gasteiger partial charge in [0.2, 0.25) is 17.7 Å². The van der Waals surface area contributed by atoms with Crippen LogP contribution in [-0.4, -0.2) is 115 Å². The van der Waals surface area contributed by atoms with Gasteiger partial charge in [-0.2, -0.15) is 8.42 Å². The van der Waals surface area contributed by atoms with Gasteiger partial charge < -0.3 is 25.6 Å². The van der Waals surface area contributed by atoms with E-state index in [0.29, 0.717) is 37.7 Å². The van der Waals surface area contributed by atoms with Crippen LogP contribution in [0.1, 0.15) is 32.1 Å². The monoisotopic (exact) mass is 709 g/mol. The van der Waals surface area contributed by atoms with Crippen LogP contribution in [0, 0.1) is 0 Å². The number of carbonyl (C=O) groups is 5. The molecule has 16 nitrogen and oxygen atoms in total. The number of anilines is 1. The van der Waals surface area contributed by atoms with Gasteiger partial charge in [-0.25, -0.2) is 0 Å². The summed E-state index contributed by atoms with van der Waals surface area (Å²) in [6.07, 6.45) is 7.86. The van der Waals surface area contributed by atoms with Crippen molar-refractivity contribution in [1.82, 2.24) is 30.8 Å². The molecule has 2 aliphatic rings. The molecular weight excluding hydrogens is 670 g/mol. The Balaban J connectivity index is 1.08. The summed E-state index contributed by atoms with van der Waals surface area (Å²) in [6, 6.07) is 7.12. The van der Waals surface area contributed by atoms with Gasteiger partial charge >= 0.3 is 0 Å². The number of nitrogens with zero attached hydrogens (tertiary/aromatic N) is 4. The Labute approximate surface area is 288 Å². The van der Waals surface area contributed by atoms with E-state index in [-0.39, 0.29) is 57.0 Å². The molecule has 1 fully saturated rings. The lowest BCUT2D eigenvalue weighted by Crippen LogP contribution is -2.54. The third-order valence-corrected chi connectivity index (χ3v) is 9.13. The Kier molecular flexibility index (Phi) is 12.0. The summed E-state index contributed by atoms with van der Waals surface area (Å²) < 4.78 is 38.5. The summed E-state index contributed by atoms with van der Waals surface area (Å²) in [6.45, 7) is 1.34. The van der Waals surface area contributed by atoms with Gasteiger partial charge in [0, 0.05) is 67.1 Å². The zero-order valence-electron chi connectivity index (χ0n) is 27.2. The fraction of sp³-hybridized carbons (Fsp3) is 0.424. The van der Waals surface area contributed by atoms with Crippen LogP contribution < -0.4 is 20.9 Å². The Hall–Kier alpha value is -5.00. The number of unbranched alkanes of at least 4 members (excludes halogenated alkanes) is 1. The topological polar surface area (TPSA) is 217 Å². The van der Waals surface area contributed by atoms with E-state index < -0.39 is 39.8 Å². The van der Waals surface area contributed by atoms with E-state index >= 15 is 0 Å². The van der Waals surface area contributed by atoms with Crippen molar-refractivity contribution in [2.24, 2.45) is 0 Å². The van der Waals surface area contributed by atoms with Gasteiger partial charge in [-0.1, -0.05) is 6.07 Å². The second-order valence-corrected chi connectivity index (χ2v) is 13.4. The lowest BCUT2D eigenvalue weighted by Gasteiger charge is -2.29. The van der Waals surface area contributed by atoms with Crippen molar-refractivity contribution in [3.63, 3.8) is 0 Å². The highest BCUT2D eigenvalue weighted by Gasteiger charge is 2.35. The molecule has 0 spiro atoms. The molecule has 0 aliphatic carbocycles. The van der Waals surface area contributed by atoms with Crippen LogP contribution in [-0.2, 0) is 38.8 Å². The summed E-state index contributed by atoms with van der Waals surface area (Å²) in [4.78, 5) is 73.7. The highest BCUT2D eigenvalue weighted by atomic mass is 32.2. The van der Waals surface area contributed by atoms with Crippen LogP contribution in [0.3, 0.4) is 0 Å². The van der Waals surface area contributed by atoms with Crippen LogP contribution >= 0.6 is 0 Å². The Bertz CT molecular complexity index is 1880. The number of ether oxygens (including phenoxy) is 1. The van der Waals surface area contributed by atoms with Gasteiger partial charge in [0.25, 0.3) is 21.9 Å². The van der Waals surface area contributed by atoms with Crippen molar-refractivity contribution >= 4 is 67.1 Å². The lowest BCUT2D eigenvalue weighted by molar-refractivity contribution is -0.137. The molecule has 5 rings (SSSR count). The van der Waals surface area contributed by atoms with Crippen molar-refractivity contribution in [2.45, 2.75) is 44.2 Å². The van der Waals surface area contributed by atoms with Gasteiger partial charge in [-0.05, 0) is 49.9 Å². The van der Waals surface area contributed by atoms with Gasteiger partial charge in [0.1, 0.15) is 17.8 Å². The van der Waals surface area contributed by atoms with E-state index in [9.17, 15) is 36.9 Å². The maximum Gasteiger partial charge on any atom is 0.267 e. The molecule has 2 aliphatic heterocycles. The van der Waals surface area contributed by atoms with Gasteiger partial charge in [0.05, 0.1) is 30.8 Å². The van der Waals surface area contributed by atoms with Crippen molar-refractivity contribution in [3.8, 4) is 0 Å². The molecule has 0 bridgehead atoms. The molecule has 4 N–H and O–H groups in total. The number of fused-ring (bicyclic) bond motifs is 3. The first kappa shape index (κ1) is 36.3. The predicted octanol–water partition coefficient (Wildman–Crippen LogP) is 0.469. The maximum absolute atomic E-state index is 13.6. The molecule has 266 valence electrons. The number of amides is 5. The predicted molar refractivity (Wildman–Crippen MR) is 182 cm³/mol. The van der Waals surface area contributed by atoms with Gasteiger partial charge in [-0.15, -0.1) is 0 Å². The number of hydrogen-bond donors (Lipinski definition) is 4. The van der Waals surface area contributed by atoms with Crippen molar-refractivity contribution in [3.05, 3.63) is 54.9 Å². The van der Waals surface area contributed by atoms with E-state index in [0.717, 1.165) is 26.9 Å². The van der Waals surface area contributed by atoms with E-state index in [1.54, 1.807) is 18.5 Å². The standard InChI is InChI=1S/C33H39N7O9S/c41-27(34-15-18-49-19-17-40-28(42)10-11-29(40)43)9-1-2-12-37-32(44)24(21-50(46,47)48)38-33(45)25-8-5-16-39(25)26-20-22-6-3-13-35-30(22)31-23(26)7-4-14-36-31/h3-4,6-7,10-11,13-14,20,24-25H,1-2,5,8-9,12,15-19,21H2,(H,34,41)(H,37,44)(H,38,45)(H,46,47,48). The molecule has 17 heteroatoms. The minimum absolute atomic E-state index is 0.107.